The lowest BCUT2D eigenvalue weighted by Gasteiger charge is -2.19. The second-order valence-electron chi connectivity index (χ2n) is 6.82. The Morgan fingerprint density at radius 2 is 1.88 bits per heavy atom. The van der Waals surface area contributed by atoms with Crippen molar-refractivity contribution < 1.29 is 9.18 Å². The SMILES string of the molecule is C[C@@H](c1ccc(F)cc1)n1cc(C(=O)NCCN2CCCCCC2)nn1. The molecule has 1 saturated heterocycles. The van der Waals surface area contributed by atoms with Crippen LogP contribution in [0.25, 0.3) is 0 Å². The van der Waals surface area contributed by atoms with E-state index in [-0.39, 0.29) is 17.8 Å². The number of hydrogen-bond donors (Lipinski definition) is 1. The second kappa shape index (κ2) is 8.89. The number of benzene rings is 1. The van der Waals surface area contributed by atoms with Gasteiger partial charge in [-0.25, -0.2) is 9.07 Å². The van der Waals surface area contributed by atoms with Gasteiger partial charge in [-0.3, -0.25) is 4.79 Å². The summed E-state index contributed by atoms with van der Waals surface area (Å²) < 4.78 is 14.7. The Bertz CT molecular complexity index is 707. The van der Waals surface area contributed by atoms with Crippen molar-refractivity contribution in [2.75, 3.05) is 26.2 Å². The quantitative estimate of drug-likeness (QED) is 0.861. The molecule has 26 heavy (non-hydrogen) atoms. The van der Waals surface area contributed by atoms with Crippen LogP contribution in [0.4, 0.5) is 4.39 Å². The van der Waals surface area contributed by atoms with Gasteiger partial charge in [0.25, 0.3) is 5.91 Å². The highest BCUT2D eigenvalue weighted by atomic mass is 19.1. The largest absolute Gasteiger partial charge is 0.349 e. The first-order valence-electron chi connectivity index (χ1n) is 9.31. The molecule has 1 atom stereocenters. The average Bonchev–Trinajstić information content (AvgIpc) is 3.00. The summed E-state index contributed by atoms with van der Waals surface area (Å²) in [5.41, 5.74) is 1.21. The van der Waals surface area contributed by atoms with Gasteiger partial charge in [-0.2, -0.15) is 0 Å². The van der Waals surface area contributed by atoms with Crippen LogP contribution >= 0.6 is 0 Å². The van der Waals surface area contributed by atoms with Crippen molar-refractivity contribution in [3.63, 3.8) is 0 Å². The van der Waals surface area contributed by atoms with E-state index in [1.807, 2.05) is 6.92 Å². The van der Waals surface area contributed by atoms with E-state index < -0.39 is 0 Å². The van der Waals surface area contributed by atoms with Gasteiger partial charge in [0.15, 0.2) is 5.69 Å². The number of amides is 1. The predicted octanol–water partition coefficient (Wildman–Crippen LogP) is 2.63. The van der Waals surface area contributed by atoms with Crippen LogP contribution < -0.4 is 5.32 Å². The molecule has 1 aromatic heterocycles. The van der Waals surface area contributed by atoms with Gasteiger partial charge in [0, 0.05) is 13.1 Å². The van der Waals surface area contributed by atoms with Crippen molar-refractivity contribution in [3.05, 3.63) is 47.5 Å². The van der Waals surface area contributed by atoms with Crippen molar-refractivity contribution >= 4 is 5.91 Å². The Kier molecular flexibility index (Phi) is 6.33. The van der Waals surface area contributed by atoms with Crippen LogP contribution in [-0.2, 0) is 0 Å². The zero-order valence-electron chi connectivity index (χ0n) is 15.2. The molecular weight excluding hydrogens is 333 g/mol. The molecule has 1 aromatic carbocycles. The maximum atomic E-state index is 13.0. The van der Waals surface area contributed by atoms with Gasteiger partial charge in [-0.05, 0) is 50.6 Å². The van der Waals surface area contributed by atoms with E-state index in [4.69, 9.17) is 0 Å². The number of carbonyl (C=O) groups excluding carboxylic acids is 1. The lowest BCUT2D eigenvalue weighted by atomic mass is 10.1. The van der Waals surface area contributed by atoms with Crippen molar-refractivity contribution in [1.82, 2.24) is 25.2 Å². The number of carbonyl (C=O) groups is 1. The highest BCUT2D eigenvalue weighted by Gasteiger charge is 2.15. The predicted molar refractivity (Wildman–Crippen MR) is 97.5 cm³/mol. The van der Waals surface area contributed by atoms with Crippen molar-refractivity contribution in [2.24, 2.45) is 0 Å². The Balaban J connectivity index is 1.51. The zero-order chi connectivity index (χ0) is 18.4. The van der Waals surface area contributed by atoms with Crippen LogP contribution in [0.3, 0.4) is 0 Å². The van der Waals surface area contributed by atoms with Crippen molar-refractivity contribution in [1.29, 1.82) is 0 Å². The number of halogens is 1. The molecule has 140 valence electrons. The molecule has 0 aliphatic carbocycles. The summed E-state index contributed by atoms with van der Waals surface area (Å²) in [5, 5.41) is 10.9. The van der Waals surface area contributed by atoms with Gasteiger partial charge in [0.2, 0.25) is 0 Å². The van der Waals surface area contributed by atoms with E-state index in [0.717, 1.165) is 25.2 Å². The van der Waals surface area contributed by atoms with E-state index in [1.165, 1.54) is 37.8 Å². The first kappa shape index (κ1) is 18.5. The molecule has 0 saturated carbocycles. The molecule has 1 fully saturated rings. The van der Waals surface area contributed by atoms with Gasteiger partial charge in [-0.15, -0.1) is 5.10 Å². The summed E-state index contributed by atoms with van der Waals surface area (Å²) in [6.07, 6.45) is 6.72. The smallest absolute Gasteiger partial charge is 0.273 e. The van der Waals surface area contributed by atoms with E-state index >= 15 is 0 Å². The minimum Gasteiger partial charge on any atom is -0.349 e. The maximum Gasteiger partial charge on any atom is 0.273 e. The Hall–Kier alpha value is -2.28. The van der Waals surface area contributed by atoms with Crippen LogP contribution in [0.1, 0.15) is 54.7 Å². The Labute approximate surface area is 153 Å². The molecule has 0 unspecified atom stereocenters. The van der Waals surface area contributed by atoms with Crippen LogP contribution in [0.15, 0.2) is 30.5 Å². The molecule has 0 spiro atoms. The molecule has 0 bridgehead atoms. The fourth-order valence-electron chi connectivity index (χ4n) is 3.24. The molecule has 1 N–H and O–H groups in total. The molecule has 7 heteroatoms. The fourth-order valence-corrected chi connectivity index (χ4v) is 3.24. The molecule has 1 aliphatic heterocycles. The van der Waals surface area contributed by atoms with Crippen LogP contribution in [0.2, 0.25) is 0 Å². The molecule has 1 aliphatic rings. The fraction of sp³-hybridized carbons (Fsp3) is 0.526. The molecular formula is C19H26FN5O. The summed E-state index contributed by atoms with van der Waals surface area (Å²) >= 11 is 0. The normalized spacial score (nSPS) is 16.8. The summed E-state index contributed by atoms with van der Waals surface area (Å²) in [6.45, 7) is 5.64. The van der Waals surface area contributed by atoms with Crippen LogP contribution in [-0.4, -0.2) is 52.0 Å². The number of rotatable bonds is 6. The maximum absolute atomic E-state index is 13.0. The molecule has 0 radical (unpaired) electrons. The third-order valence-corrected chi connectivity index (χ3v) is 4.90. The topological polar surface area (TPSA) is 63.1 Å². The monoisotopic (exact) mass is 359 g/mol. The summed E-state index contributed by atoms with van der Waals surface area (Å²) in [6, 6.07) is 6.13. The molecule has 2 aromatic rings. The van der Waals surface area contributed by atoms with Gasteiger partial charge < -0.3 is 10.2 Å². The molecule has 3 rings (SSSR count). The Morgan fingerprint density at radius 3 is 2.58 bits per heavy atom. The first-order chi connectivity index (χ1) is 12.6. The number of hydrogen-bond acceptors (Lipinski definition) is 4. The standard InChI is InChI=1S/C19H26FN5O/c1-15(16-6-8-17(20)9-7-16)25-14-18(22-23-25)19(26)21-10-13-24-11-4-2-3-5-12-24/h6-9,14-15H,2-5,10-13H2,1H3,(H,21,26)/t15-/m0/s1. The third-order valence-electron chi connectivity index (χ3n) is 4.90. The highest BCUT2D eigenvalue weighted by Crippen LogP contribution is 2.17. The molecule has 1 amide bonds. The lowest BCUT2D eigenvalue weighted by Crippen LogP contribution is -2.35. The highest BCUT2D eigenvalue weighted by molar-refractivity contribution is 5.91. The lowest BCUT2D eigenvalue weighted by molar-refractivity contribution is 0.0943. The summed E-state index contributed by atoms with van der Waals surface area (Å²) in [7, 11) is 0. The zero-order valence-corrected chi connectivity index (χ0v) is 15.2. The second-order valence-corrected chi connectivity index (χ2v) is 6.82. The average molecular weight is 359 g/mol. The number of aromatic nitrogens is 3. The number of likely N-dealkylation sites (tertiary alicyclic amines) is 1. The summed E-state index contributed by atoms with van der Waals surface area (Å²) in [4.78, 5) is 14.7. The van der Waals surface area contributed by atoms with Crippen molar-refractivity contribution in [2.45, 2.75) is 38.6 Å². The minimum absolute atomic E-state index is 0.123. The van der Waals surface area contributed by atoms with Crippen LogP contribution in [0, 0.1) is 5.82 Å². The summed E-state index contributed by atoms with van der Waals surface area (Å²) in [5.74, 6) is -0.485. The van der Waals surface area contributed by atoms with E-state index in [0.29, 0.717) is 12.2 Å². The number of nitrogens with zero attached hydrogens (tertiary/aromatic N) is 4. The van der Waals surface area contributed by atoms with Gasteiger partial charge >= 0.3 is 0 Å². The molecule has 6 nitrogen and oxygen atoms in total. The van der Waals surface area contributed by atoms with E-state index in [1.54, 1.807) is 23.0 Å². The van der Waals surface area contributed by atoms with Gasteiger partial charge in [0.1, 0.15) is 5.82 Å². The van der Waals surface area contributed by atoms with Gasteiger partial charge in [0.05, 0.1) is 12.2 Å². The van der Waals surface area contributed by atoms with E-state index in [2.05, 4.69) is 20.5 Å². The Morgan fingerprint density at radius 1 is 1.19 bits per heavy atom. The van der Waals surface area contributed by atoms with Crippen molar-refractivity contribution in [3.8, 4) is 0 Å². The van der Waals surface area contributed by atoms with Crippen LogP contribution in [0.5, 0.6) is 0 Å². The van der Waals surface area contributed by atoms with E-state index in [9.17, 15) is 9.18 Å². The third kappa shape index (κ3) is 4.88. The number of nitrogens with one attached hydrogen (secondary N) is 1. The molecule has 2 heterocycles. The minimum atomic E-state index is -0.274. The first-order valence-corrected chi connectivity index (χ1v) is 9.31. The van der Waals surface area contributed by atoms with Gasteiger partial charge in [-0.1, -0.05) is 30.2 Å².